The van der Waals surface area contributed by atoms with Gasteiger partial charge in [0.1, 0.15) is 16.8 Å². The molecule has 270 valence electrons. The Morgan fingerprint density at radius 1 is 0.523 bits per heavy atom. The molecule has 0 bridgehead atoms. The number of alkyl carbamates (subject to hydrolysis) is 1. The maximum atomic E-state index is 11.2. The number of aliphatic hydroxyl groups excluding tert-OH is 3. The van der Waals surface area contributed by atoms with Gasteiger partial charge in [-0.25, -0.2) is 14.4 Å². The van der Waals surface area contributed by atoms with Crippen LogP contribution in [0.4, 0.5) is 14.4 Å². The molecule has 0 aromatic heterocycles. The monoisotopic (exact) mass is 738 g/mol. The van der Waals surface area contributed by atoms with Crippen molar-refractivity contribution in [3.8, 4) is 0 Å². The molecule has 0 saturated heterocycles. The number of aliphatic hydroxyl groups is 3. The number of rotatable bonds is 15. The van der Waals surface area contributed by atoms with Crippen LogP contribution in [-0.4, -0.2) is 130 Å². The summed E-state index contributed by atoms with van der Waals surface area (Å²) in [5, 5.41) is 27.5. The molecule has 0 aliphatic heterocycles. The number of nitrogens with one attached hydrogen (secondary N) is 1. The molecule has 0 aliphatic rings. The van der Waals surface area contributed by atoms with E-state index in [1.807, 2.05) is 20.8 Å². The van der Waals surface area contributed by atoms with E-state index in [0.717, 1.165) is 0 Å². The summed E-state index contributed by atoms with van der Waals surface area (Å²) in [4.78, 5) is 33.2. The first-order valence-electron chi connectivity index (χ1n) is 13.6. The summed E-state index contributed by atoms with van der Waals surface area (Å²) in [6.45, 7) is 19.2. The van der Waals surface area contributed by atoms with Gasteiger partial charge >= 0.3 is 18.4 Å². The molecular formula is C28H58NO14Pd-. The van der Waals surface area contributed by atoms with Crippen molar-refractivity contribution in [1.29, 1.82) is 0 Å². The zero-order valence-electron chi connectivity index (χ0n) is 28.1. The smallest absolute Gasteiger partial charge is 0.444 e. The van der Waals surface area contributed by atoms with Gasteiger partial charge in [0.15, 0.2) is 0 Å². The van der Waals surface area contributed by atoms with Gasteiger partial charge in [0, 0.05) is 27.0 Å². The molecule has 1 amide bonds. The van der Waals surface area contributed by atoms with E-state index in [-0.39, 0.29) is 47.7 Å². The SMILES string of the molecule is CC(C)(C)OC(=O)NCCOCCOCCO.CC(C)(C)OC(=O)OC(=O)OC(C)(C)C.OCCOCCOCCO.[CH3-].[Pd]. The maximum Gasteiger partial charge on any atom is 0.519 e. The molecule has 16 heteroatoms. The fraction of sp³-hybridized carbons (Fsp3) is 0.857. The van der Waals surface area contributed by atoms with Crippen molar-refractivity contribution in [2.75, 3.05) is 79.2 Å². The van der Waals surface area contributed by atoms with Crippen LogP contribution in [0.1, 0.15) is 62.3 Å². The molecule has 0 radical (unpaired) electrons. The Balaban J connectivity index is -0.000000174. The van der Waals surface area contributed by atoms with E-state index in [1.54, 1.807) is 41.5 Å². The first-order chi connectivity index (χ1) is 19.4. The van der Waals surface area contributed by atoms with Crippen molar-refractivity contribution >= 4 is 18.4 Å². The average molecular weight is 739 g/mol. The maximum absolute atomic E-state index is 11.2. The minimum absolute atomic E-state index is 0. The van der Waals surface area contributed by atoms with Crippen molar-refractivity contribution in [3.05, 3.63) is 7.43 Å². The normalized spacial score (nSPS) is 10.7. The van der Waals surface area contributed by atoms with Crippen LogP contribution in [0, 0.1) is 7.43 Å². The van der Waals surface area contributed by atoms with Crippen molar-refractivity contribution in [2.45, 2.75) is 79.1 Å². The molecule has 0 aromatic carbocycles. The second-order valence-corrected chi connectivity index (χ2v) is 11.1. The Bertz CT molecular complexity index is 643. The van der Waals surface area contributed by atoms with Crippen molar-refractivity contribution in [2.24, 2.45) is 0 Å². The van der Waals surface area contributed by atoms with Gasteiger partial charge in [-0.3, -0.25) is 0 Å². The zero-order valence-corrected chi connectivity index (χ0v) is 29.7. The molecule has 0 rings (SSSR count). The molecule has 0 heterocycles. The third-order valence-corrected chi connectivity index (χ3v) is 3.31. The molecular weight excluding hydrogens is 681 g/mol. The van der Waals surface area contributed by atoms with Crippen molar-refractivity contribution in [1.82, 2.24) is 5.32 Å². The molecule has 0 aromatic rings. The molecule has 0 spiro atoms. The van der Waals surface area contributed by atoms with Gasteiger partial charge in [0.05, 0.1) is 72.7 Å². The van der Waals surface area contributed by atoms with Crippen molar-refractivity contribution in [3.63, 3.8) is 0 Å². The molecule has 0 atom stereocenters. The van der Waals surface area contributed by atoms with E-state index in [4.69, 9.17) is 48.5 Å². The first kappa shape index (κ1) is 51.9. The minimum Gasteiger partial charge on any atom is -0.444 e. The van der Waals surface area contributed by atoms with Gasteiger partial charge in [-0.15, -0.1) is 0 Å². The van der Waals surface area contributed by atoms with Gasteiger partial charge in [0.2, 0.25) is 0 Å². The van der Waals surface area contributed by atoms with Gasteiger partial charge in [-0.1, -0.05) is 0 Å². The number of ether oxygens (including phenoxy) is 8. The van der Waals surface area contributed by atoms with Crippen LogP contribution in [0.25, 0.3) is 0 Å². The summed E-state index contributed by atoms with van der Waals surface area (Å²) >= 11 is 0. The molecule has 15 nitrogen and oxygen atoms in total. The summed E-state index contributed by atoms with van der Waals surface area (Å²) in [6.07, 6.45) is -2.56. The van der Waals surface area contributed by atoms with Crippen LogP contribution in [0.2, 0.25) is 0 Å². The molecule has 0 fully saturated rings. The standard InChI is InChI=1S/C11H23NO5.C10H18O5.C6H14O4.CH3.Pd/c1-11(2,3)17-10(14)12-4-6-15-8-9-16-7-5-13;1-9(2,3)14-7(11)13-8(12)15-10(4,5)6;7-1-3-9-5-6-10-4-2-8;;/h13H,4-9H2,1-3H3,(H,12,14);1-6H3;7-8H,1-6H2;1H3;/q;;;-1;. The van der Waals surface area contributed by atoms with Gasteiger partial charge < -0.3 is 66.0 Å². The molecule has 4 N–H and O–H groups in total. The van der Waals surface area contributed by atoms with Crippen LogP contribution < -0.4 is 5.32 Å². The summed E-state index contributed by atoms with van der Waals surface area (Å²) in [6, 6.07) is 0. The predicted octanol–water partition coefficient (Wildman–Crippen LogP) is 2.86. The van der Waals surface area contributed by atoms with E-state index in [2.05, 4.69) is 10.1 Å². The molecule has 0 saturated carbocycles. The second kappa shape index (κ2) is 31.4. The predicted molar refractivity (Wildman–Crippen MR) is 159 cm³/mol. The Morgan fingerprint density at radius 2 is 0.818 bits per heavy atom. The van der Waals surface area contributed by atoms with Crippen LogP contribution in [0.15, 0.2) is 0 Å². The largest absolute Gasteiger partial charge is 0.519 e. The third-order valence-electron chi connectivity index (χ3n) is 3.31. The Kier molecular flexibility index (Phi) is 37.0. The van der Waals surface area contributed by atoms with E-state index in [0.29, 0.717) is 59.4 Å². The first-order valence-corrected chi connectivity index (χ1v) is 13.6. The topological polar surface area (TPSA) is 198 Å². The summed E-state index contributed by atoms with van der Waals surface area (Å²) < 4.78 is 38.8. The summed E-state index contributed by atoms with van der Waals surface area (Å²) in [5.74, 6) is 0. The Labute approximate surface area is 277 Å². The van der Waals surface area contributed by atoms with E-state index in [9.17, 15) is 14.4 Å². The van der Waals surface area contributed by atoms with Gasteiger partial charge in [-0.2, -0.15) is 0 Å². The van der Waals surface area contributed by atoms with E-state index >= 15 is 0 Å². The second-order valence-electron chi connectivity index (χ2n) is 11.1. The van der Waals surface area contributed by atoms with Crippen LogP contribution in [0.3, 0.4) is 0 Å². The molecule has 0 unspecified atom stereocenters. The Morgan fingerprint density at radius 3 is 1.09 bits per heavy atom. The summed E-state index contributed by atoms with van der Waals surface area (Å²) in [5.41, 5.74) is -1.87. The summed E-state index contributed by atoms with van der Waals surface area (Å²) in [7, 11) is 0. The number of carbonyl (C=O) groups is 3. The Hall–Kier alpha value is -1.61. The molecule has 44 heavy (non-hydrogen) atoms. The zero-order chi connectivity index (χ0) is 33.1. The number of amides is 1. The third kappa shape index (κ3) is 53.0. The van der Waals surface area contributed by atoms with Gasteiger partial charge in [0.25, 0.3) is 0 Å². The van der Waals surface area contributed by atoms with Gasteiger partial charge in [-0.05, 0) is 62.3 Å². The number of carbonyl (C=O) groups excluding carboxylic acids is 3. The van der Waals surface area contributed by atoms with E-state index in [1.165, 1.54) is 0 Å². The average Bonchev–Trinajstić information content (AvgIpc) is 2.80. The van der Waals surface area contributed by atoms with Crippen molar-refractivity contribution < 1.29 is 88.0 Å². The van der Waals surface area contributed by atoms with Crippen LogP contribution in [0.5, 0.6) is 0 Å². The fourth-order valence-electron chi connectivity index (χ4n) is 1.99. The van der Waals surface area contributed by atoms with Crippen LogP contribution >= 0.6 is 0 Å². The number of hydrogen-bond donors (Lipinski definition) is 4. The fourth-order valence-corrected chi connectivity index (χ4v) is 1.99. The molecule has 0 aliphatic carbocycles. The minimum atomic E-state index is -1.06. The quantitative estimate of drug-likeness (QED) is 0.0478. The van der Waals surface area contributed by atoms with E-state index < -0.39 is 35.2 Å². The van der Waals surface area contributed by atoms with Crippen LogP contribution in [-0.2, 0) is 58.3 Å². The number of hydrogen-bond acceptors (Lipinski definition) is 14.